The Kier molecular flexibility index (Phi) is 6.76. The van der Waals surface area contributed by atoms with Crippen molar-refractivity contribution in [2.45, 2.75) is 0 Å². The molecule has 2 aromatic rings. The van der Waals surface area contributed by atoms with Gasteiger partial charge in [0, 0.05) is 23.9 Å². The summed E-state index contributed by atoms with van der Waals surface area (Å²) in [6.45, 7) is 0.653. The molecule has 0 aliphatic carbocycles. The highest BCUT2D eigenvalue weighted by molar-refractivity contribution is 5.89. The second kappa shape index (κ2) is 9.27. The van der Waals surface area contributed by atoms with E-state index < -0.39 is 0 Å². The third-order valence-electron chi connectivity index (χ3n) is 3.32. The van der Waals surface area contributed by atoms with Crippen LogP contribution in [0.3, 0.4) is 0 Å². The van der Waals surface area contributed by atoms with Crippen LogP contribution in [0.5, 0.6) is 23.0 Å². The van der Waals surface area contributed by atoms with Gasteiger partial charge in [0.25, 0.3) is 0 Å². The van der Waals surface area contributed by atoms with E-state index in [0.29, 0.717) is 41.8 Å². The number of benzene rings is 2. The molecule has 2 N–H and O–H groups in total. The summed E-state index contributed by atoms with van der Waals surface area (Å²) >= 11 is 0. The van der Waals surface area contributed by atoms with Crippen molar-refractivity contribution in [3.05, 3.63) is 42.5 Å². The molecule has 0 saturated carbocycles. The van der Waals surface area contributed by atoms with Crippen LogP contribution in [0.1, 0.15) is 0 Å². The number of urea groups is 1. The van der Waals surface area contributed by atoms with E-state index in [9.17, 15) is 4.79 Å². The number of hydrogen-bond donors (Lipinski definition) is 2. The number of carbonyl (C=O) groups is 1. The predicted molar refractivity (Wildman–Crippen MR) is 95.1 cm³/mol. The van der Waals surface area contributed by atoms with Crippen LogP contribution < -0.4 is 29.6 Å². The van der Waals surface area contributed by atoms with Crippen molar-refractivity contribution in [3.63, 3.8) is 0 Å². The third-order valence-corrected chi connectivity index (χ3v) is 3.32. The number of rotatable bonds is 8. The number of carbonyl (C=O) groups excluding carboxylic acids is 1. The van der Waals surface area contributed by atoms with Gasteiger partial charge in [0.2, 0.25) is 0 Å². The molecule has 0 unspecified atom stereocenters. The maximum atomic E-state index is 12.0. The monoisotopic (exact) mass is 346 g/mol. The Morgan fingerprint density at radius 2 is 1.56 bits per heavy atom. The average Bonchev–Trinajstić information content (AvgIpc) is 2.65. The summed E-state index contributed by atoms with van der Waals surface area (Å²) < 4.78 is 21.1. The van der Waals surface area contributed by atoms with Crippen LogP contribution in [0, 0.1) is 0 Å². The van der Waals surface area contributed by atoms with Gasteiger partial charge in [-0.05, 0) is 12.1 Å². The molecule has 0 fully saturated rings. The highest BCUT2D eigenvalue weighted by Gasteiger charge is 2.06. The van der Waals surface area contributed by atoms with E-state index in [1.165, 1.54) is 0 Å². The van der Waals surface area contributed by atoms with Crippen LogP contribution in [0.4, 0.5) is 10.5 Å². The van der Waals surface area contributed by atoms with E-state index in [4.69, 9.17) is 18.9 Å². The van der Waals surface area contributed by atoms with Crippen molar-refractivity contribution in [2.24, 2.45) is 0 Å². The van der Waals surface area contributed by atoms with Gasteiger partial charge in [-0.1, -0.05) is 12.1 Å². The zero-order valence-electron chi connectivity index (χ0n) is 14.5. The van der Waals surface area contributed by atoms with Crippen LogP contribution in [0.15, 0.2) is 42.5 Å². The minimum atomic E-state index is -0.348. The van der Waals surface area contributed by atoms with Gasteiger partial charge in [-0.25, -0.2) is 4.79 Å². The Bertz CT molecular complexity index is 683. The second-order valence-corrected chi connectivity index (χ2v) is 4.98. The molecule has 0 bridgehead atoms. The Balaban J connectivity index is 1.81. The number of anilines is 1. The molecule has 0 radical (unpaired) electrons. The summed E-state index contributed by atoms with van der Waals surface area (Å²) in [5, 5.41) is 5.44. The van der Waals surface area contributed by atoms with Gasteiger partial charge >= 0.3 is 6.03 Å². The Morgan fingerprint density at radius 3 is 2.16 bits per heavy atom. The van der Waals surface area contributed by atoms with Crippen LogP contribution >= 0.6 is 0 Å². The molecule has 0 spiro atoms. The highest BCUT2D eigenvalue weighted by Crippen LogP contribution is 2.26. The Labute approximate surface area is 146 Å². The number of nitrogens with one attached hydrogen (secondary N) is 2. The Hall–Kier alpha value is -3.09. The number of methoxy groups -OCH3 is 3. The maximum Gasteiger partial charge on any atom is 0.319 e. The minimum Gasteiger partial charge on any atom is -0.497 e. The van der Waals surface area contributed by atoms with E-state index in [-0.39, 0.29) is 6.03 Å². The molecule has 2 amide bonds. The van der Waals surface area contributed by atoms with Crippen molar-refractivity contribution < 1.29 is 23.7 Å². The number of amides is 2. The smallest absolute Gasteiger partial charge is 0.319 e. The first-order valence-corrected chi connectivity index (χ1v) is 7.70. The Morgan fingerprint density at radius 1 is 0.920 bits per heavy atom. The molecule has 2 rings (SSSR count). The first-order valence-electron chi connectivity index (χ1n) is 7.70. The largest absolute Gasteiger partial charge is 0.497 e. The summed E-state index contributed by atoms with van der Waals surface area (Å²) in [7, 11) is 4.68. The third kappa shape index (κ3) is 5.49. The number of ether oxygens (including phenoxy) is 4. The van der Waals surface area contributed by atoms with Crippen molar-refractivity contribution in [1.82, 2.24) is 5.32 Å². The minimum absolute atomic E-state index is 0.315. The van der Waals surface area contributed by atoms with E-state index in [1.54, 1.807) is 45.6 Å². The standard InChI is InChI=1S/C18H22N2O5/c1-22-14-10-13(11-15(12-14)23-2)20-18(21)19-8-9-25-17-7-5-4-6-16(17)24-3/h4-7,10-12H,8-9H2,1-3H3,(H2,19,20,21). The fourth-order valence-electron chi connectivity index (χ4n) is 2.12. The number of hydrogen-bond acceptors (Lipinski definition) is 5. The first kappa shape index (κ1) is 18.3. The summed E-state index contributed by atoms with van der Waals surface area (Å²) in [5.74, 6) is 2.46. The van der Waals surface area contributed by atoms with Crippen LogP contribution in [0.2, 0.25) is 0 Å². The molecular weight excluding hydrogens is 324 g/mol. The van der Waals surface area contributed by atoms with Crippen LogP contribution in [0.25, 0.3) is 0 Å². The van der Waals surface area contributed by atoms with Gasteiger partial charge in [-0.15, -0.1) is 0 Å². The molecule has 0 aromatic heterocycles. The lowest BCUT2D eigenvalue weighted by atomic mass is 10.3. The normalized spacial score (nSPS) is 9.88. The summed E-state index contributed by atoms with van der Waals surface area (Å²) in [6, 6.07) is 12.1. The van der Waals surface area contributed by atoms with Crippen molar-refractivity contribution in [1.29, 1.82) is 0 Å². The lowest BCUT2D eigenvalue weighted by Gasteiger charge is -2.12. The summed E-state index contributed by atoms with van der Waals surface area (Å²) in [6.07, 6.45) is 0. The fourth-order valence-corrected chi connectivity index (χ4v) is 2.12. The summed E-state index contributed by atoms with van der Waals surface area (Å²) in [4.78, 5) is 12.0. The second-order valence-electron chi connectivity index (χ2n) is 4.98. The molecule has 134 valence electrons. The zero-order chi connectivity index (χ0) is 18.1. The van der Waals surface area contributed by atoms with Gasteiger partial charge in [-0.2, -0.15) is 0 Å². The SMILES string of the molecule is COc1cc(NC(=O)NCCOc2ccccc2OC)cc(OC)c1. The molecule has 0 aliphatic rings. The molecule has 0 heterocycles. The highest BCUT2D eigenvalue weighted by atomic mass is 16.5. The van der Waals surface area contributed by atoms with Crippen LogP contribution in [-0.2, 0) is 0 Å². The van der Waals surface area contributed by atoms with Crippen molar-refractivity contribution in [2.75, 3.05) is 39.8 Å². The van der Waals surface area contributed by atoms with Gasteiger partial charge in [0.15, 0.2) is 11.5 Å². The zero-order valence-corrected chi connectivity index (χ0v) is 14.5. The fraction of sp³-hybridized carbons (Fsp3) is 0.278. The molecule has 0 saturated heterocycles. The summed E-state index contributed by atoms with van der Waals surface area (Å²) in [5.41, 5.74) is 0.569. The first-order chi connectivity index (χ1) is 12.2. The van der Waals surface area contributed by atoms with Crippen LogP contribution in [-0.4, -0.2) is 40.5 Å². The molecule has 0 aliphatic heterocycles. The molecular formula is C18H22N2O5. The van der Waals surface area contributed by atoms with Gasteiger partial charge < -0.3 is 29.6 Å². The topological polar surface area (TPSA) is 78.1 Å². The average molecular weight is 346 g/mol. The molecule has 2 aromatic carbocycles. The number of para-hydroxylation sites is 2. The predicted octanol–water partition coefficient (Wildman–Crippen LogP) is 2.91. The van der Waals surface area contributed by atoms with Crippen molar-refractivity contribution >= 4 is 11.7 Å². The van der Waals surface area contributed by atoms with E-state index in [2.05, 4.69) is 10.6 Å². The lowest BCUT2D eigenvalue weighted by Crippen LogP contribution is -2.32. The van der Waals surface area contributed by atoms with E-state index in [1.807, 2.05) is 18.2 Å². The quantitative estimate of drug-likeness (QED) is 0.719. The molecule has 25 heavy (non-hydrogen) atoms. The van der Waals surface area contributed by atoms with Gasteiger partial charge in [0.05, 0.1) is 27.9 Å². The van der Waals surface area contributed by atoms with Gasteiger partial charge in [-0.3, -0.25) is 0 Å². The van der Waals surface area contributed by atoms with E-state index >= 15 is 0 Å². The molecule has 7 heteroatoms. The lowest BCUT2D eigenvalue weighted by molar-refractivity contribution is 0.246. The van der Waals surface area contributed by atoms with Gasteiger partial charge in [0.1, 0.15) is 18.1 Å². The van der Waals surface area contributed by atoms with Crippen molar-refractivity contribution in [3.8, 4) is 23.0 Å². The van der Waals surface area contributed by atoms with E-state index in [0.717, 1.165) is 0 Å². The molecule has 0 atom stereocenters. The molecule has 7 nitrogen and oxygen atoms in total. The maximum absolute atomic E-state index is 12.0.